The molecule has 27 heavy (non-hydrogen) atoms. The van der Waals surface area contributed by atoms with Crippen LogP contribution < -0.4 is 9.80 Å². The second-order valence-corrected chi connectivity index (χ2v) is 6.67. The van der Waals surface area contributed by atoms with Crippen LogP contribution in [0.2, 0.25) is 0 Å². The zero-order valence-corrected chi connectivity index (χ0v) is 15.4. The second-order valence-electron chi connectivity index (χ2n) is 6.67. The number of anilines is 2. The summed E-state index contributed by atoms with van der Waals surface area (Å²) in [5, 5.41) is 0. The van der Waals surface area contributed by atoms with E-state index in [0.717, 1.165) is 34.8 Å². The molecule has 0 aromatic heterocycles. The van der Waals surface area contributed by atoms with Gasteiger partial charge in [0.2, 0.25) is 0 Å². The average Bonchev–Trinajstić information content (AvgIpc) is 3.30. The minimum absolute atomic E-state index is 0.224. The lowest BCUT2D eigenvalue weighted by Crippen LogP contribution is -2.33. The van der Waals surface area contributed by atoms with Crippen molar-refractivity contribution in [3.63, 3.8) is 0 Å². The van der Waals surface area contributed by atoms with E-state index >= 15 is 0 Å². The highest BCUT2D eigenvalue weighted by Crippen LogP contribution is 2.39. The molecule has 2 amide bonds. The molecule has 138 valence electrons. The highest BCUT2D eigenvalue weighted by atomic mass is 16.6. The van der Waals surface area contributed by atoms with Gasteiger partial charge in [-0.2, -0.15) is 0 Å². The number of rotatable bonds is 3. The Hall–Kier alpha value is -3.08. The number of hydrogen-bond donors (Lipinski definition) is 0. The van der Waals surface area contributed by atoms with Crippen molar-refractivity contribution >= 4 is 35.0 Å². The second kappa shape index (κ2) is 7.27. The molecule has 0 radical (unpaired) electrons. The number of para-hydroxylation sites is 2. The third-order valence-electron chi connectivity index (χ3n) is 5.00. The molecular formula is C22H22N2O3. The summed E-state index contributed by atoms with van der Waals surface area (Å²) in [5.41, 5.74) is 3.97. The molecule has 0 aliphatic carbocycles. The highest BCUT2D eigenvalue weighted by Gasteiger charge is 2.37. The SMILES string of the molecule is CCOC(=O)N1C(=O)/C(=C\c2ccccc2N2CCCC2)c2ccccc21. The monoisotopic (exact) mass is 362 g/mol. The van der Waals surface area contributed by atoms with Gasteiger partial charge in [-0.15, -0.1) is 0 Å². The maximum Gasteiger partial charge on any atom is 0.421 e. The highest BCUT2D eigenvalue weighted by molar-refractivity contribution is 6.41. The fourth-order valence-corrected chi connectivity index (χ4v) is 3.76. The van der Waals surface area contributed by atoms with E-state index in [0.29, 0.717) is 11.3 Å². The molecule has 0 unspecified atom stereocenters. The van der Waals surface area contributed by atoms with E-state index in [1.807, 2.05) is 42.5 Å². The van der Waals surface area contributed by atoms with Gasteiger partial charge in [-0.25, -0.2) is 9.69 Å². The van der Waals surface area contributed by atoms with Crippen molar-refractivity contribution in [2.45, 2.75) is 19.8 Å². The van der Waals surface area contributed by atoms with Crippen LogP contribution in [-0.4, -0.2) is 31.7 Å². The predicted octanol–water partition coefficient (Wildman–Crippen LogP) is 4.33. The van der Waals surface area contributed by atoms with Crippen LogP contribution in [0, 0.1) is 0 Å². The standard InChI is InChI=1S/C22H22N2O3/c1-2-27-22(26)24-20-12-6-4-10-17(20)18(21(24)25)15-16-9-3-5-11-19(16)23-13-7-8-14-23/h3-6,9-12,15H,2,7-8,13-14H2,1H3/b18-15-. The number of fused-ring (bicyclic) bond motifs is 1. The molecule has 5 nitrogen and oxygen atoms in total. The van der Waals surface area contributed by atoms with Crippen LogP contribution in [0.5, 0.6) is 0 Å². The Morgan fingerprint density at radius 1 is 1.04 bits per heavy atom. The first-order valence-electron chi connectivity index (χ1n) is 9.37. The number of carbonyl (C=O) groups excluding carboxylic acids is 2. The van der Waals surface area contributed by atoms with Crippen molar-refractivity contribution in [2.24, 2.45) is 0 Å². The predicted molar refractivity (Wildman–Crippen MR) is 107 cm³/mol. The molecule has 4 rings (SSSR count). The van der Waals surface area contributed by atoms with Gasteiger partial charge in [-0.3, -0.25) is 4.79 Å². The number of hydrogen-bond acceptors (Lipinski definition) is 4. The first kappa shape index (κ1) is 17.3. The molecule has 0 bridgehead atoms. The number of carbonyl (C=O) groups is 2. The van der Waals surface area contributed by atoms with Crippen molar-refractivity contribution in [1.82, 2.24) is 0 Å². The van der Waals surface area contributed by atoms with E-state index < -0.39 is 6.09 Å². The third-order valence-corrected chi connectivity index (χ3v) is 5.00. The van der Waals surface area contributed by atoms with Crippen molar-refractivity contribution in [3.05, 3.63) is 59.7 Å². The Morgan fingerprint density at radius 2 is 1.70 bits per heavy atom. The number of amides is 2. The molecule has 1 fully saturated rings. The summed E-state index contributed by atoms with van der Waals surface area (Å²) in [6.07, 6.45) is 3.63. The molecule has 2 aromatic rings. The summed E-state index contributed by atoms with van der Waals surface area (Å²) in [7, 11) is 0. The largest absolute Gasteiger partial charge is 0.449 e. The average molecular weight is 362 g/mol. The fraction of sp³-hybridized carbons (Fsp3) is 0.273. The summed E-state index contributed by atoms with van der Waals surface area (Å²) in [6.45, 7) is 4.01. The maximum atomic E-state index is 13.1. The van der Waals surface area contributed by atoms with Crippen LogP contribution in [0.1, 0.15) is 30.9 Å². The van der Waals surface area contributed by atoms with Crippen molar-refractivity contribution in [3.8, 4) is 0 Å². The lowest BCUT2D eigenvalue weighted by atomic mass is 10.0. The molecule has 2 heterocycles. The maximum absolute atomic E-state index is 13.1. The Bertz CT molecular complexity index is 913. The molecule has 0 N–H and O–H groups in total. The van der Waals surface area contributed by atoms with Gasteiger partial charge in [-0.05, 0) is 43.5 Å². The Morgan fingerprint density at radius 3 is 2.44 bits per heavy atom. The number of ether oxygens (including phenoxy) is 1. The van der Waals surface area contributed by atoms with Gasteiger partial charge < -0.3 is 9.64 Å². The normalized spacial score (nSPS) is 17.5. The smallest absolute Gasteiger partial charge is 0.421 e. The van der Waals surface area contributed by atoms with Crippen LogP contribution in [0.3, 0.4) is 0 Å². The van der Waals surface area contributed by atoms with Gasteiger partial charge in [0, 0.05) is 24.3 Å². The van der Waals surface area contributed by atoms with Gasteiger partial charge in [0.1, 0.15) is 0 Å². The van der Waals surface area contributed by atoms with Crippen LogP contribution in [-0.2, 0) is 9.53 Å². The summed E-state index contributed by atoms with van der Waals surface area (Å²) in [4.78, 5) is 28.9. The van der Waals surface area contributed by atoms with Crippen LogP contribution in [0.4, 0.5) is 16.2 Å². The van der Waals surface area contributed by atoms with E-state index in [1.54, 1.807) is 13.0 Å². The van der Waals surface area contributed by atoms with E-state index in [1.165, 1.54) is 12.8 Å². The molecule has 0 atom stereocenters. The van der Waals surface area contributed by atoms with Crippen LogP contribution >= 0.6 is 0 Å². The summed E-state index contributed by atoms with van der Waals surface area (Å²) in [6, 6.07) is 15.4. The Labute approximate surface area is 158 Å². The lowest BCUT2D eigenvalue weighted by Gasteiger charge is -2.20. The molecule has 2 aliphatic rings. The van der Waals surface area contributed by atoms with E-state index in [9.17, 15) is 9.59 Å². The van der Waals surface area contributed by atoms with Crippen molar-refractivity contribution < 1.29 is 14.3 Å². The van der Waals surface area contributed by atoms with Crippen LogP contribution in [0.25, 0.3) is 11.6 Å². The number of imide groups is 1. The lowest BCUT2D eigenvalue weighted by molar-refractivity contribution is -0.112. The number of benzene rings is 2. The molecule has 0 saturated carbocycles. The molecule has 2 aromatic carbocycles. The first-order valence-corrected chi connectivity index (χ1v) is 9.37. The van der Waals surface area contributed by atoms with Gasteiger partial charge in [0.15, 0.2) is 0 Å². The third kappa shape index (κ3) is 3.10. The van der Waals surface area contributed by atoms with Crippen LogP contribution in [0.15, 0.2) is 48.5 Å². The molecule has 2 aliphatic heterocycles. The van der Waals surface area contributed by atoms with Gasteiger partial charge >= 0.3 is 6.09 Å². The summed E-state index contributed by atoms with van der Waals surface area (Å²) < 4.78 is 5.09. The van der Waals surface area contributed by atoms with Crippen molar-refractivity contribution in [2.75, 3.05) is 29.5 Å². The molecule has 5 heteroatoms. The summed E-state index contributed by atoms with van der Waals surface area (Å²) >= 11 is 0. The molecule has 0 spiro atoms. The minimum Gasteiger partial charge on any atom is -0.449 e. The van der Waals surface area contributed by atoms with Gasteiger partial charge in [-0.1, -0.05) is 36.4 Å². The van der Waals surface area contributed by atoms with Gasteiger partial charge in [0.05, 0.1) is 17.9 Å². The quantitative estimate of drug-likeness (QED) is 0.763. The fourth-order valence-electron chi connectivity index (χ4n) is 3.76. The Kier molecular flexibility index (Phi) is 4.67. The molecule has 1 saturated heterocycles. The van der Waals surface area contributed by atoms with E-state index in [-0.39, 0.29) is 12.5 Å². The van der Waals surface area contributed by atoms with Gasteiger partial charge in [0.25, 0.3) is 5.91 Å². The zero-order valence-electron chi connectivity index (χ0n) is 15.4. The van der Waals surface area contributed by atoms with E-state index in [2.05, 4.69) is 11.0 Å². The number of nitrogens with zero attached hydrogens (tertiary/aromatic N) is 2. The summed E-state index contributed by atoms with van der Waals surface area (Å²) in [5.74, 6) is -0.342. The zero-order chi connectivity index (χ0) is 18.8. The molecular weight excluding hydrogens is 340 g/mol. The van der Waals surface area contributed by atoms with E-state index in [4.69, 9.17) is 4.74 Å². The topological polar surface area (TPSA) is 49.9 Å². The Balaban J connectivity index is 1.78. The first-order chi connectivity index (χ1) is 13.2. The van der Waals surface area contributed by atoms with Crippen molar-refractivity contribution in [1.29, 1.82) is 0 Å². The minimum atomic E-state index is -0.633.